The first-order valence-corrected chi connectivity index (χ1v) is 5.74. The van der Waals surface area contributed by atoms with E-state index in [1.807, 2.05) is 32.0 Å². The van der Waals surface area contributed by atoms with E-state index in [0.29, 0.717) is 17.1 Å². The summed E-state index contributed by atoms with van der Waals surface area (Å²) in [6.45, 7) is 3.69. The Labute approximate surface area is 106 Å². The number of hydrogen-bond acceptors (Lipinski definition) is 2. The van der Waals surface area contributed by atoms with Crippen LogP contribution in [0.25, 0.3) is 0 Å². The Morgan fingerprint density at radius 3 is 2.61 bits per heavy atom. The first kappa shape index (κ1) is 12.6. The Balaban J connectivity index is 2.33. The average Bonchev–Trinajstić information content (AvgIpc) is 2.33. The maximum absolute atomic E-state index is 13.3. The van der Waals surface area contributed by atoms with Crippen molar-refractivity contribution in [2.45, 2.75) is 20.5 Å². The van der Waals surface area contributed by atoms with Crippen molar-refractivity contribution < 1.29 is 14.2 Å². The van der Waals surface area contributed by atoms with Gasteiger partial charge in [0.1, 0.15) is 17.3 Å². The third-order valence-corrected chi connectivity index (χ3v) is 2.69. The van der Waals surface area contributed by atoms with Crippen molar-refractivity contribution in [1.29, 1.82) is 0 Å². The molecule has 1 N–H and O–H groups in total. The normalized spacial score (nSPS) is 10.4. The summed E-state index contributed by atoms with van der Waals surface area (Å²) in [5, 5.41) is 9.03. The Bertz CT molecular complexity index is 564. The van der Waals surface area contributed by atoms with E-state index in [-0.39, 0.29) is 6.61 Å². The van der Waals surface area contributed by atoms with Crippen LogP contribution in [0.15, 0.2) is 36.4 Å². The predicted molar refractivity (Wildman–Crippen MR) is 68.3 cm³/mol. The highest BCUT2D eigenvalue weighted by Gasteiger charge is 2.05. The highest BCUT2D eigenvalue weighted by molar-refractivity contribution is 5.40. The van der Waals surface area contributed by atoms with Crippen molar-refractivity contribution in [2.75, 3.05) is 0 Å². The SMILES string of the molecule is Cc1ccc(C)c(Oc2cc(F)cc(CO)c2)c1. The van der Waals surface area contributed by atoms with E-state index in [2.05, 4.69) is 0 Å². The second kappa shape index (κ2) is 5.19. The van der Waals surface area contributed by atoms with E-state index < -0.39 is 5.82 Å². The summed E-state index contributed by atoms with van der Waals surface area (Å²) in [7, 11) is 0. The Morgan fingerprint density at radius 2 is 1.89 bits per heavy atom. The fourth-order valence-electron chi connectivity index (χ4n) is 1.72. The van der Waals surface area contributed by atoms with E-state index in [0.717, 1.165) is 11.1 Å². The van der Waals surface area contributed by atoms with Gasteiger partial charge in [0.05, 0.1) is 6.61 Å². The highest BCUT2D eigenvalue weighted by atomic mass is 19.1. The maximum Gasteiger partial charge on any atom is 0.130 e. The molecule has 0 aliphatic heterocycles. The number of aliphatic hydroxyl groups is 1. The lowest BCUT2D eigenvalue weighted by molar-refractivity contribution is 0.280. The van der Waals surface area contributed by atoms with Crippen molar-refractivity contribution in [3.63, 3.8) is 0 Å². The molecule has 2 nitrogen and oxygen atoms in total. The van der Waals surface area contributed by atoms with E-state index in [9.17, 15) is 4.39 Å². The summed E-state index contributed by atoms with van der Waals surface area (Å²) in [6.07, 6.45) is 0. The standard InChI is InChI=1S/C15H15FO2/c1-10-3-4-11(2)15(5-10)18-14-7-12(9-17)6-13(16)8-14/h3-8,17H,9H2,1-2H3. The third kappa shape index (κ3) is 2.87. The van der Waals surface area contributed by atoms with Gasteiger partial charge >= 0.3 is 0 Å². The molecule has 0 aliphatic rings. The van der Waals surface area contributed by atoms with E-state index in [1.165, 1.54) is 12.1 Å². The van der Waals surface area contributed by atoms with Gasteiger partial charge in [-0.3, -0.25) is 0 Å². The molecular formula is C15H15FO2. The van der Waals surface area contributed by atoms with Crippen LogP contribution in [0.3, 0.4) is 0 Å². The molecule has 0 radical (unpaired) electrons. The number of benzene rings is 2. The molecule has 0 saturated heterocycles. The molecule has 0 saturated carbocycles. The predicted octanol–water partition coefficient (Wildman–Crippen LogP) is 3.73. The van der Waals surface area contributed by atoms with Gasteiger partial charge in [0.15, 0.2) is 0 Å². The van der Waals surface area contributed by atoms with Gasteiger partial charge in [0, 0.05) is 6.07 Å². The second-order valence-electron chi connectivity index (χ2n) is 4.32. The molecule has 0 unspecified atom stereocenters. The molecule has 0 bridgehead atoms. The summed E-state index contributed by atoms with van der Waals surface area (Å²) in [5.74, 6) is 0.680. The molecule has 18 heavy (non-hydrogen) atoms. The third-order valence-electron chi connectivity index (χ3n) is 2.69. The molecule has 0 aliphatic carbocycles. The largest absolute Gasteiger partial charge is 0.457 e. The zero-order valence-electron chi connectivity index (χ0n) is 10.4. The van der Waals surface area contributed by atoms with Crippen LogP contribution in [-0.4, -0.2) is 5.11 Å². The first-order valence-electron chi connectivity index (χ1n) is 5.74. The van der Waals surface area contributed by atoms with Gasteiger partial charge in [-0.05, 0) is 48.7 Å². The number of hydrogen-bond donors (Lipinski definition) is 1. The van der Waals surface area contributed by atoms with E-state index in [1.54, 1.807) is 6.07 Å². The van der Waals surface area contributed by atoms with Crippen LogP contribution in [0.2, 0.25) is 0 Å². The van der Waals surface area contributed by atoms with E-state index >= 15 is 0 Å². The molecule has 0 heterocycles. The second-order valence-corrected chi connectivity index (χ2v) is 4.32. The molecule has 3 heteroatoms. The molecule has 0 atom stereocenters. The number of halogens is 1. The van der Waals surface area contributed by atoms with Crippen LogP contribution in [0.1, 0.15) is 16.7 Å². The quantitative estimate of drug-likeness (QED) is 0.894. The minimum Gasteiger partial charge on any atom is -0.457 e. The van der Waals surface area contributed by atoms with Crippen LogP contribution in [0.4, 0.5) is 4.39 Å². The molecule has 2 aromatic rings. The van der Waals surface area contributed by atoms with Crippen molar-refractivity contribution in [2.24, 2.45) is 0 Å². The minimum absolute atomic E-state index is 0.207. The molecule has 2 rings (SSSR count). The number of aliphatic hydroxyl groups excluding tert-OH is 1. The monoisotopic (exact) mass is 246 g/mol. The lowest BCUT2D eigenvalue weighted by Crippen LogP contribution is -1.92. The van der Waals surface area contributed by atoms with Crippen molar-refractivity contribution >= 4 is 0 Å². The zero-order chi connectivity index (χ0) is 13.1. The fourth-order valence-corrected chi connectivity index (χ4v) is 1.72. The van der Waals surface area contributed by atoms with Gasteiger partial charge < -0.3 is 9.84 Å². The van der Waals surface area contributed by atoms with Crippen molar-refractivity contribution in [1.82, 2.24) is 0 Å². The van der Waals surface area contributed by atoms with Gasteiger partial charge in [0.25, 0.3) is 0 Å². The minimum atomic E-state index is -0.415. The van der Waals surface area contributed by atoms with Crippen molar-refractivity contribution in [3.05, 3.63) is 58.9 Å². The lowest BCUT2D eigenvalue weighted by atomic mass is 10.1. The fraction of sp³-hybridized carbons (Fsp3) is 0.200. The zero-order valence-corrected chi connectivity index (χ0v) is 10.4. The summed E-state index contributed by atoms with van der Waals surface area (Å²) in [4.78, 5) is 0. The lowest BCUT2D eigenvalue weighted by Gasteiger charge is -2.10. The molecule has 0 amide bonds. The Kier molecular flexibility index (Phi) is 3.63. The van der Waals surface area contributed by atoms with Gasteiger partial charge in [-0.1, -0.05) is 12.1 Å². The van der Waals surface area contributed by atoms with Crippen LogP contribution in [0, 0.1) is 19.7 Å². The van der Waals surface area contributed by atoms with Crippen LogP contribution >= 0.6 is 0 Å². The van der Waals surface area contributed by atoms with Crippen LogP contribution < -0.4 is 4.74 Å². The van der Waals surface area contributed by atoms with Crippen molar-refractivity contribution in [3.8, 4) is 11.5 Å². The molecule has 2 aromatic carbocycles. The molecule has 0 fully saturated rings. The van der Waals surface area contributed by atoms with Gasteiger partial charge in [0.2, 0.25) is 0 Å². The first-order chi connectivity index (χ1) is 8.58. The number of rotatable bonds is 3. The highest BCUT2D eigenvalue weighted by Crippen LogP contribution is 2.27. The number of ether oxygens (including phenoxy) is 1. The Morgan fingerprint density at radius 1 is 1.11 bits per heavy atom. The van der Waals surface area contributed by atoms with Gasteiger partial charge in [-0.25, -0.2) is 4.39 Å². The summed E-state index contributed by atoms with van der Waals surface area (Å²) < 4.78 is 19.0. The Hall–Kier alpha value is -1.87. The van der Waals surface area contributed by atoms with Crippen LogP contribution in [0.5, 0.6) is 11.5 Å². The van der Waals surface area contributed by atoms with Gasteiger partial charge in [-0.2, -0.15) is 0 Å². The molecular weight excluding hydrogens is 231 g/mol. The average molecular weight is 246 g/mol. The molecule has 94 valence electrons. The van der Waals surface area contributed by atoms with E-state index in [4.69, 9.17) is 9.84 Å². The summed E-state index contributed by atoms with van der Waals surface area (Å²) >= 11 is 0. The molecule has 0 aromatic heterocycles. The smallest absolute Gasteiger partial charge is 0.130 e. The topological polar surface area (TPSA) is 29.5 Å². The van der Waals surface area contributed by atoms with Crippen LogP contribution in [-0.2, 0) is 6.61 Å². The summed E-state index contributed by atoms with van der Waals surface area (Å²) in [5.41, 5.74) is 2.56. The molecule has 0 spiro atoms. The number of aryl methyl sites for hydroxylation is 2. The maximum atomic E-state index is 13.3. The summed E-state index contributed by atoms with van der Waals surface area (Å²) in [6, 6.07) is 10.1. The van der Waals surface area contributed by atoms with Gasteiger partial charge in [-0.15, -0.1) is 0 Å².